The number of rotatable bonds is 6. The van der Waals surface area contributed by atoms with Crippen molar-refractivity contribution < 1.29 is 9.59 Å². The lowest BCUT2D eigenvalue weighted by molar-refractivity contribution is -0.125. The maximum absolute atomic E-state index is 11.8. The van der Waals surface area contributed by atoms with Gasteiger partial charge in [-0.25, -0.2) is 0 Å². The van der Waals surface area contributed by atoms with Crippen molar-refractivity contribution >= 4 is 11.8 Å². The molecule has 2 unspecified atom stereocenters. The van der Waals surface area contributed by atoms with E-state index in [4.69, 9.17) is 5.73 Å². The first kappa shape index (κ1) is 15.0. The quantitative estimate of drug-likeness (QED) is 0.642. The smallest absolute Gasteiger partial charge is 0.224 e. The third kappa shape index (κ3) is 5.04. The van der Waals surface area contributed by atoms with Gasteiger partial charge in [0.15, 0.2) is 0 Å². The lowest BCUT2D eigenvalue weighted by Crippen LogP contribution is -2.40. The molecule has 5 heteroatoms. The zero-order valence-electron chi connectivity index (χ0n) is 11.4. The van der Waals surface area contributed by atoms with Crippen molar-refractivity contribution in [3.63, 3.8) is 0 Å². The first-order valence-corrected chi connectivity index (χ1v) is 6.80. The minimum Gasteiger partial charge on any atom is -0.356 e. The predicted octanol–water partition coefficient (Wildman–Crippen LogP) is 0.392. The minimum atomic E-state index is -0.0660. The van der Waals surface area contributed by atoms with Gasteiger partial charge in [-0.3, -0.25) is 9.59 Å². The summed E-state index contributed by atoms with van der Waals surface area (Å²) in [6, 6.07) is -0.0141. The molecule has 2 atom stereocenters. The van der Waals surface area contributed by atoms with Crippen molar-refractivity contribution in [1.29, 1.82) is 0 Å². The maximum atomic E-state index is 11.8. The second-order valence-corrected chi connectivity index (χ2v) is 5.44. The predicted molar refractivity (Wildman–Crippen MR) is 70.8 cm³/mol. The van der Waals surface area contributed by atoms with Crippen molar-refractivity contribution in [2.45, 2.75) is 45.6 Å². The van der Waals surface area contributed by atoms with E-state index in [1.807, 2.05) is 13.8 Å². The summed E-state index contributed by atoms with van der Waals surface area (Å²) in [4.78, 5) is 23.2. The Bertz CT molecular complexity index is 292. The van der Waals surface area contributed by atoms with E-state index in [1.165, 1.54) is 0 Å². The SMILES string of the molecule is CC(C)CNC(=O)CCNC(=O)C1CCCC1N. The van der Waals surface area contributed by atoms with Crippen LogP contribution in [0.4, 0.5) is 0 Å². The molecule has 0 bridgehead atoms. The van der Waals surface area contributed by atoms with E-state index < -0.39 is 0 Å². The zero-order chi connectivity index (χ0) is 13.5. The van der Waals surface area contributed by atoms with E-state index in [2.05, 4.69) is 10.6 Å². The third-order valence-electron chi connectivity index (χ3n) is 3.26. The van der Waals surface area contributed by atoms with Crippen LogP contribution < -0.4 is 16.4 Å². The van der Waals surface area contributed by atoms with Gasteiger partial charge in [-0.15, -0.1) is 0 Å². The van der Waals surface area contributed by atoms with Crippen LogP contribution in [-0.2, 0) is 9.59 Å². The largest absolute Gasteiger partial charge is 0.356 e. The molecule has 2 amide bonds. The van der Waals surface area contributed by atoms with Crippen LogP contribution in [0.1, 0.15) is 39.5 Å². The molecule has 1 aliphatic carbocycles. The Hall–Kier alpha value is -1.10. The first-order chi connectivity index (χ1) is 8.50. The Morgan fingerprint density at radius 3 is 2.56 bits per heavy atom. The van der Waals surface area contributed by atoms with Gasteiger partial charge in [0.1, 0.15) is 0 Å². The van der Waals surface area contributed by atoms with Crippen LogP contribution >= 0.6 is 0 Å². The van der Waals surface area contributed by atoms with Crippen molar-refractivity contribution in [2.75, 3.05) is 13.1 Å². The molecule has 4 N–H and O–H groups in total. The van der Waals surface area contributed by atoms with Crippen LogP contribution in [-0.4, -0.2) is 30.9 Å². The van der Waals surface area contributed by atoms with Gasteiger partial charge >= 0.3 is 0 Å². The van der Waals surface area contributed by atoms with Gasteiger partial charge in [-0.2, -0.15) is 0 Å². The summed E-state index contributed by atoms with van der Waals surface area (Å²) < 4.78 is 0. The van der Waals surface area contributed by atoms with Gasteiger partial charge in [0.2, 0.25) is 11.8 Å². The van der Waals surface area contributed by atoms with Gasteiger partial charge in [-0.05, 0) is 18.8 Å². The molecule has 0 spiro atoms. The average molecular weight is 255 g/mol. The Labute approximate surface area is 109 Å². The molecule has 0 aromatic carbocycles. The number of nitrogens with one attached hydrogen (secondary N) is 2. The van der Waals surface area contributed by atoms with E-state index in [0.717, 1.165) is 19.3 Å². The van der Waals surface area contributed by atoms with Gasteiger partial charge in [0, 0.05) is 25.6 Å². The summed E-state index contributed by atoms with van der Waals surface area (Å²) in [5, 5.41) is 5.61. The second kappa shape index (κ2) is 7.36. The van der Waals surface area contributed by atoms with Crippen molar-refractivity contribution in [1.82, 2.24) is 10.6 Å². The van der Waals surface area contributed by atoms with Gasteiger partial charge < -0.3 is 16.4 Å². The fourth-order valence-corrected chi connectivity index (χ4v) is 2.15. The second-order valence-electron chi connectivity index (χ2n) is 5.44. The molecule has 18 heavy (non-hydrogen) atoms. The number of amides is 2. The van der Waals surface area contributed by atoms with Crippen LogP contribution in [0.25, 0.3) is 0 Å². The molecule has 0 saturated heterocycles. The van der Waals surface area contributed by atoms with E-state index in [9.17, 15) is 9.59 Å². The summed E-state index contributed by atoms with van der Waals surface area (Å²) in [6.07, 6.45) is 3.15. The minimum absolute atomic E-state index is 0.00309. The molecule has 0 aromatic heterocycles. The number of nitrogens with two attached hydrogens (primary N) is 1. The van der Waals surface area contributed by atoms with E-state index in [-0.39, 0.29) is 23.8 Å². The Morgan fingerprint density at radius 2 is 2.00 bits per heavy atom. The zero-order valence-corrected chi connectivity index (χ0v) is 11.4. The highest BCUT2D eigenvalue weighted by molar-refractivity contribution is 5.81. The molecule has 0 aromatic rings. The molecule has 1 fully saturated rings. The van der Waals surface area contributed by atoms with Crippen molar-refractivity contribution in [3.8, 4) is 0 Å². The van der Waals surface area contributed by atoms with Gasteiger partial charge in [0.05, 0.1) is 5.92 Å². The van der Waals surface area contributed by atoms with E-state index in [0.29, 0.717) is 25.4 Å². The van der Waals surface area contributed by atoms with Crippen LogP contribution in [0.15, 0.2) is 0 Å². The number of carbonyl (C=O) groups excluding carboxylic acids is 2. The fraction of sp³-hybridized carbons (Fsp3) is 0.846. The highest BCUT2D eigenvalue weighted by atomic mass is 16.2. The molecule has 0 radical (unpaired) electrons. The van der Waals surface area contributed by atoms with Crippen LogP contribution in [0.3, 0.4) is 0 Å². The van der Waals surface area contributed by atoms with Crippen LogP contribution in [0.2, 0.25) is 0 Å². The third-order valence-corrected chi connectivity index (χ3v) is 3.26. The Morgan fingerprint density at radius 1 is 1.28 bits per heavy atom. The summed E-state index contributed by atoms with van der Waals surface area (Å²) >= 11 is 0. The standard InChI is InChI=1S/C13H25N3O2/c1-9(2)8-16-12(17)6-7-15-13(18)10-4-3-5-11(10)14/h9-11H,3-8,14H2,1-2H3,(H,15,18)(H,16,17). The van der Waals surface area contributed by atoms with Gasteiger partial charge in [0.25, 0.3) is 0 Å². The van der Waals surface area contributed by atoms with Gasteiger partial charge in [-0.1, -0.05) is 20.3 Å². The monoisotopic (exact) mass is 255 g/mol. The number of carbonyl (C=O) groups is 2. The van der Waals surface area contributed by atoms with Crippen molar-refractivity contribution in [2.24, 2.45) is 17.6 Å². The molecule has 5 nitrogen and oxygen atoms in total. The summed E-state index contributed by atoms with van der Waals surface area (Å²) in [6.45, 7) is 5.17. The molecular weight excluding hydrogens is 230 g/mol. The van der Waals surface area contributed by atoms with E-state index in [1.54, 1.807) is 0 Å². The maximum Gasteiger partial charge on any atom is 0.224 e. The molecule has 1 aliphatic rings. The molecular formula is C13H25N3O2. The number of hydrogen-bond acceptors (Lipinski definition) is 3. The first-order valence-electron chi connectivity index (χ1n) is 6.80. The molecule has 0 aliphatic heterocycles. The van der Waals surface area contributed by atoms with Crippen LogP contribution in [0, 0.1) is 11.8 Å². The summed E-state index contributed by atoms with van der Waals surface area (Å²) in [5.74, 6) is 0.361. The number of hydrogen-bond donors (Lipinski definition) is 3. The summed E-state index contributed by atoms with van der Waals surface area (Å²) in [7, 11) is 0. The summed E-state index contributed by atoms with van der Waals surface area (Å²) in [5.41, 5.74) is 5.85. The molecule has 1 rings (SSSR count). The lowest BCUT2D eigenvalue weighted by atomic mass is 10.0. The topological polar surface area (TPSA) is 84.2 Å². The highest BCUT2D eigenvalue weighted by Crippen LogP contribution is 2.23. The molecule has 104 valence electrons. The Kier molecular flexibility index (Phi) is 6.12. The Balaban J connectivity index is 2.13. The fourth-order valence-electron chi connectivity index (χ4n) is 2.15. The molecule has 0 heterocycles. The normalized spacial score (nSPS) is 23.1. The lowest BCUT2D eigenvalue weighted by Gasteiger charge is -2.15. The van der Waals surface area contributed by atoms with E-state index >= 15 is 0 Å². The van der Waals surface area contributed by atoms with Crippen molar-refractivity contribution in [3.05, 3.63) is 0 Å². The average Bonchev–Trinajstić information content (AvgIpc) is 2.72. The molecule has 1 saturated carbocycles. The van der Waals surface area contributed by atoms with Crippen LogP contribution in [0.5, 0.6) is 0 Å². The highest BCUT2D eigenvalue weighted by Gasteiger charge is 2.29.